The maximum atomic E-state index is 12.6. The number of nitrogens with one attached hydrogen (secondary N) is 3. The molecule has 0 bridgehead atoms. The van der Waals surface area contributed by atoms with Crippen molar-refractivity contribution in [3.63, 3.8) is 0 Å². The number of hydrogen-bond acceptors (Lipinski definition) is 4. The fourth-order valence-electron chi connectivity index (χ4n) is 3.11. The van der Waals surface area contributed by atoms with Crippen molar-refractivity contribution in [1.29, 1.82) is 0 Å². The smallest absolute Gasteiger partial charge is 0.276 e. The number of aromatic nitrogens is 2. The van der Waals surface area contributed by atoms with Crippen molar-refractivity contribution < 1.29 is 9.59 Å². The third-order valence-corrected chi connectivity index (χ3v) is 4.39. The van der Waals surface area contributed by atoms with Gasteiger partial charge in [-0.1, -0.05) is 12.1 Å². The fraction of sp³-hybridized carbons (Fsp3) is 0.450. The van der Waals surface area contributed by atoms with E-state index in [1.165, 1.54) is 0 Å². The maximum absolute atomic E-state index is 12.6. The summed E-state index contributed by atoms with van der Waals surface area (Å²) in [5.41, 5.74) is 0.877. The van der Waals surface area contributed by atoms with E-state index in [-0.39, 0.29) is 35.8 Å². The predicted octanol–water partition coefficient (Wildman–Crippen LogP) is 3.01. The van der Waals surface area contributed by atoms with Crippen LogP contribution in [0.1, 0.15) is 60.5 Å². The lowest BCUT2D eigenvalue weighted by atomic mass is 10.1. The van der Waals surface area contributed by atoms with Crippen LogP contribution >= 0.6 is 12.4 Å². The van der Waals surface area contributed by atoms with Crippen LogP contribution in [0.5, 0.6) is 0 Å². The molecule has 1 aliphatic heterocycles. The monoisotopic (exact) mass is 405 g/mol. The van der Waals surface area contributed by atoms with Gasteiger partial charge in [-0.3, -0.25) is 14.3 Å². The topological polar surface area (TPSA) is 88.0 Å². The molecule has 1 saturated heterocycles. The first-order valence-corrected chi connectivity index (χ1v) is 9.32. The molecule has 0 spiro atoms. The van der Waals surface area contributed by atoms with E-state index in [0.29, 0.717) is 16.9 Å². The fourth-order valence-corrected chi connectivity index (χ4v) is 3.11. The van der Waals surface area contributed by atoms with Gasteiger partial charge in [0.1, 0.15) is 0 Å². The number of hydrogen-bond donors (Lipinski definition) is 3. The van der Waals surface area contributed by atoms with E-state index in [0.717, 1.165) is 25.9 Å². The minimum Gasteiger partial charge on any atom is -0.347 e. The second-order valence-electron chi connectivity index (χ2n) is 7.88. The SMILES string of the molecule is CC(C)(C)NC(=O)c1ccccc1NC(=O)c1ccn(C2CCCNC2)n1.Cl. The summed E-state index contributed by atoms with van der Waals surface area (Å²) < 4.78 is 1.85. The molecule has 1 aromatic carbocycles. The molecule has 2 amide bonds. The Balaban J connectivity index is 0.00000280. The van der Waals surface area contributed by atoms with E-state index in [4.69, 9.17) is 0 Å². The van der Waals surface area contributed by atoms with Crippen LogP contribution in [0.2, 0.25) is 0 Å². The van der Waals surface area contributed by atoms with Gasteiger partial charge in [0.2, 0.25) is 0 Å². The normalized spacial score (nSPS) is 16.8. The molecule has 2 aromatic rings. The number of amides is 2. The average Bonchev–Trinajstić information content (AvgIpc) is 3.12. The Labute approximate surface area is 171 Å². The van der Waals surface area contributed by atoms with E-state index in [2.05, 4.69) is 21.0 Å². The summed E-state index contributed by atoms with van der Waals surface area (Å²) in [5, 5.41) is 13.5. The van der Waals surface area contributed by atoms with E-state index in [9.17, 15) is 9.59 Å². The first-order valence-electron chi connectivity index (χ1n) is 9.32. The minimum absolute atomic E-state index is 0. The standard InChI is InChI=1S/C20H27N5O2.ClH/c1-20(2,3)23-18(26)15-8-4-5-9-16(15)22-19(27)17-10-12-25(24-17)14-7-6-11-21-13-14;/h4-5,8-10,12,14,21H,6-7,11,13H2,1-3H3,(H,22,27)(H,23,26);1H. The molecule has 1 unspecified atom stereocenters. The highest BCUT2D eigenvalue weighted by Crippen LogP contribution is 2.19. The third-order valence-electron chi connectivity index (χ3n) is 4.39. The first kappa shape index (κ1) is 21.9. The lowest BCUT2D eigenvalue weighted by Gasteiger charge is -2.23. The van der Waals surface area contributed by atoms with Crippen LogP contribution in [0.25, 0.3) is 0 Å². The van der Waals surface area contributed by atoms with E-state index >= 15 is 0 Å². The largest absolute Gasteiger partial charge is 0.347 e. The number of halogens is 1. The quantitative estimate of drug-likeness (QED) is 0.729. The summed E-state index contributed by atoms with van der Waals surface area (Å²) >= 11 is 0. The molecule has 0 aliphatic carbocycles. The number of carbonyl (C=O) groups is 2. The van der Waals surface area contributed by atoms with Gasteiger partial charge in [0.05, 0.1) is 17.3 Å². The lowest BCUT2D eigenvalue weighted by Crippen LogP contribution is -2.40. The lowest BCUT2D eigenvalue weighted by molar-refractivity contribution is 0.0920. The van der Waals surface area contributed by atoms with Gasteiger partial charge in [-0.15, -0.1) is 12.4 Å². The number of rotatable bonds is 4. The second kappa shape index (κ2) is 9.21. The Morgan fingerprint density at radius 1 is 1.18 bits per heavy atom. The summed E-state index contributed by atoms with van der Waals surface area (Å²) in [6, 6.07) is 8.96. The number of carbonyl (C=O) groups excluding carboxylic acids is 2. The minimum atomic E-state index is -0.360. The third kappa shape index (κ3) is 5.56. The van der Waals surface area contributed by atoms with Gasteiger partial charge < -0.3 is 16.0 Å². The molecule has 1 fully saturated rings. The molecule has 8 heteroatoms. The van der Waals surface area contributed by atoms with Crippen LogP contribution in [-0.2, 0) is 0 Å². The highest BCUT2D eigenvalue weighted by molar-refractivity contribution is 6.08. The van der Waals surface area contributed by atoms with Gasteiger partial charge in [-0.25, -0.2) is 0 Å². The second-order valence-corrected chi connectivity index (χ2v) is 7.88. The van der Waals surface area contributed by atoms with Crippen LogP contribution < -0.4 is 16.0 Å². The van der Waals surface area contributed by atoms with Gasteiger partial charge in [-0.2, -0.15) is 5.10 Å². The molecule has 152 valence electrons. The molecular weight excluding hydrogens is 378 g/mol. The predicted molar refractivity (Wildman–Crippen MR) is 112 cm³/mol. The number of para-hydroxylation sites is 1. The van der Waals surface area contributed by atoms with E-state index in [1.54, 1.807) is 30.3 Å². The average molecular weight is 406 g/mol. The van der Waals surface area contributed by atoms with E-state index in [1.807, 2.05) is 31.6 Å². The summed E-state index contributed by atoms with van der Waals surface area (Å²) in [7, 11) is 0. The number of piperidine rings is 1. The molecule has 3 rings (SSSR count). The molecule has 1 aromatic heterocycles. The number of nitrogens with zero attached hydrogens (tertiary/aromatic N) is 2. The Morgan fingerprint density at radius 3 is 2.61 bits per heavy atom. The molecule has 0 radical (unpaired) electrons. The summed E-state index contributed by atoms with van der Waals surface area (Å²) in [6.07, 6.45) is 3.98. The van der Waals surface area contributed by atoms with Crippen molar-refractivity contribution in [2.45, 2.75) is 45.2 Å². The molecule has 1 aliphatic rings. The van der Waals surface area contributed by atoms with Gasteiger partial charge >= 0.3 is 0 Å². The molecule has 2 heterocycles. The van der Waals surface area contributed by atoms with Crippen LogP contribution in [0.15, 0.2) is 36.5 Å². The van der Waals surface area contributed by atoms with E-state index < -0.39 is 0 Å². The number of benzene rings is 1. The van der Waals surface area contributed by atoms with Crippen LogP contribution in [0, 0.1) is 0 Å². The zero-order valence-corrected chi connectivity index (χ0v) is 17.3. The van der Waals surface area contributed by atoms with Crippen LogP contribution in [-0.4, -0.2) is 40.2 Å². The van der Waals surface area contributed by atoms with Gasteiger partial charge in [-0.05, 0) is 58.4 Å². The molecule has 1 atom stereocenters. The first-order chi connectivity index (χ1) is 12.8. The summed E-state index contributed by atoms with van der Waals surface area (Å²) in [5.74, 6) is -0.550. The summed E-state index contributed by atoms with van der Waals surface area (Å²) in [4.78, 5) is 25.2. The Kier molecular flexibility index (Phi) is 7.21. The highest BCUT2D eigenvalue weighted by Gasteiger charge is 2.21. The molecular formula is C20H28ClN5O2. The van der Waals surface area contributed by atoms with Gasteiger partial charge in [0, 0.05) is 18.3 Å². The molecule has 3 N–H and O–H groups in total. The van der Waals surface area contributed by atoms with Crippen molar-refractivity contribution in [1.82, 2.24) is 20.4 Å². The summed E-state index contributed by atoms with van der Waals surface area (Å²) in [6.45, 7) is 7.63. The highest BCUT2D eigenvalue weighted by atomic mass is 35.5. The molecule has 7 nitrogen and oxygen atoms in total. The maximum Gasteiger partial charge on any atom is 0.276 e. The van der Waals surface area contributed by atoms with Crippen LogP contribution in [0.4, 0.5) is 5.69 Å². The molecule has 0 saturated carbocycles. The molecule has 28 heavy (non-hydrogen) atoms. The van der Waals surface area contributed by atoms with Crippen LogP contribution in [0.3, 0.4) is 0 Å². The van der Waals surface area contributed by atoms with Crippen molar-refractivity contribution in [3.8, 4) is 0 Å². The van der Waals surface area contributed by atoms with Crippen molar-refractivity contribution >= 4 is 29.9 Å². The Morgan fingerprint density at radius 2 is 1.93 bits per heavy atom. The zero-order chi connectivity index (χ0) is 19.4. The van der Waals surface area contributed by atoms with Gasteiger partial charge in [0.25, 0.3) is 11.8 Å². The van der Waals surface area contributed by atoms with Gasteiger partial charge in [0.15, 0.2) is 5.69 Å². The van der Waals surface area contributed by atoms with Crippen molar-refractivity contribution in [2.24, 2.45) is 0 Å². The zero-order valence-electron chi connectivity index (χ0n) is 16.5. The Hall–Kier alpha value is -2.38. The number of anilines is 1. The Bertz CT molecular complexity index is 822. The van der Waals surface area contributed by atoms with Crippen molar-refractivity contribution in [3.05, 3.63) is 47.8 Å². The van der Waals surface area contributed by atoms with Crippen molar-refractivity contribution in [2.75, 3.05) is 18.4 Å².